The van der Waals surface area contributed by atoms with Gasteiger partial charge in [0, 0.05) is 73.5 Å². The Labute approximate surface area is 217 Å². The third kappa shape index (κ3) is 5.02. The monoisotopic (exact) mass is 520 g/mol. The van der Waals surface area contributed by atoms with Crippen molar-refractivity contribution < 1.29 is 13.2 Å². The number of carbonyl (C=O) groups excluding carboxylic acids is 1. The summed E-state index contributed by atoms with van der Waals surface area (Å²) in [4.78, 5) is 29.4. The highest BCUT2D eigenvalue weighted by molar-refractivity contribution is 7.90. The number of benzene rings is 1. The van der Waals surface area contributed by atoms with Gasteiger partial charge in [-0.15, -0.1) is 0 Å². The van der Waals surface area contributed by atoms with Crippen molar-refractivity contribution in [3.63, 3.8) is 0 Å². The zero-order valence-electron chi connectivity index (χ0n) is 21.8. The highest BCUT2D eigenvalue weighted by Crippen LogP contribution is 2.39. The largest absolute Gasteiger partial charge is 0.368 e. The summed E-state index contributed by atoms with van der Waals surface area (Å²) in [5, 5.41) is 5.44. The van der Waals surface area contributed by atoms with Gasteiger partial charge in [-0.1, -0.05) is 19.9 Å². The lowest BCUT2D eigenvalue weighted by atomic mass is 9.88. The Bertz CT molecular complexity index is 1520. The highest BCUT2D eigenvalue weighted by atomic mass is 32.2. The fraction of sp³-hybridized carbons (Fsp3) is 0.407. The molecule has 1 aromatic carbocycles. The summed E-state index contributed by atoms with van der Waals surface area (Å²) in [6.45, 7) is 7.61. The standard InChI is InChI=1S/C27H32N6O3S/c1-16(2)20-6-7-23(33-14-19(17(33)3)15-37(5,35)36)22-12-29-25(11-21(20)22)30-24-8-9-28-27(31-24)18-10-26(34)32(4)13-18/h6-12,16-17,19H,13-15H2,1-5H3,(H,28,29,30,31)/t17-,19-/m1/s1. The van der Waals surface area contributed by atoms with Gasteiger partial charge in [-0.3, -0.25) is 4.79 Å². The zero-order valence-corrected chi connectivity index (χ0v) is 22.6. The molecule has 4 heterocycles. The van der Waals surface area contributed by atoms with Crippen molar-refractivity contribution in [3.05, 3.63) is 54.1 Å². The molecule has 0 spiro atoms. The van der Waals surface area contributed by atoms with Gasteiger partial charge in [0.25, 0.3) is 0 Å². The first-order valence-corrected chi connectivity index (χ1v) is 14.5. The molecule has 2 atom stereocenters. The van der Waals surface area contributed by atoms with Crippen molar-refractivity contribution in [1.29, 1.82) is 0 Å². The molecule has 2 aliphatic heterocycles. The van der Waals surface area contributed by atoms with Crippen LogP contribution in [-0.2, 0) is 14.6 Å². The molecule has 0 aliphatic carbocycles. The number of sulfone groups is 1. The molecule has 1 amide bonds. The Hall–Kier alpha value is -3.53. The lowest BCUT2D eigenvalue weighted by Crippen LogP contribution is -2.57. The van der Waals surface area contributed by atoms with E-state index in [9.17, 15) is 13.2 Å². The number of hydrogen-bond acceptors (Lipinski definition) is 8. The van der Waals surface area contributed by atoms with Crippen LogP contribution in [0.4, 0.5) is 17.3 Å². The van der Waals surface area contributed by atoms with E-state index >= 15 is 0 Å². The molecule has 3 aromatic rings. The predicted molar refractivity (Wildman–Crippen MR) is 147 cm³/mol. The van der Waals surface area contributed by atoms with Crippen molar-refractivity contribution in [2.75, 3.05) is 42.4 Å². The van der Waals surface area contributed by atoms with Crippen molar-refractivity contribution in [3.8, 4) is 0 Å². The van der Waals surface area contributed by atoms with Crippen LogP contribution in [0.5, 0.6) is 0 Å². The predicted octanol–water partition coefficient (Wildman–Crippen LogP) is 3.62. The van der Waals surface area contributed by atoms with Crippen LogP contribution in [0.15, 0.2) is 42.7 Å². The Kier molecular flexibility index (Phi) is 6.39. The summed E-state index contributed by atoms with van der Waals surface area (Å²) in [5.41, 5.74) is 3.07. The number of aromatic nitrogens is 3. The molecule has 0 bridgehead atoms. The van der Waals surface area contributed by atoms with E-state index in [1.54, 1.807) is 30.3 Å². The van der Waals surface area contributed by atoms with Crippen molar-refractivity contribution >= 4 is 49.4 Å². The second kappa shape index (κ2) is 9.41. The summed E-state index contributed by atoms with van der Waals surface area (Å²) in [6.07, 6.45) is 6.42. The number of anilines is 3. The number of nitrogens with zero attached hydrogens (tertiary/aromatic N) is 5. The van der Waals surface area contributed by atoms with Gasteiger partial charge in [0.2, 0.25) is 5.91 Å². The minimum atomic E-state index is -3.01. The minimum Gasteiger partial charge on any atom is -0.368 e. The first-order valence-electron chi connectivity index (χ1n) is 12.4. The first kappa shape index (κ1) is 25.1. The molecule has 0 saturated carbocycles. The molecular formula is C27H32N6O3S. The van der Waals surface area contributed by atoms with Gasteiger partial charge in [0.1, 0.15) is 21.5 Å². The number of nitrogens with one attached hydrogen (secondary N) is 1. The van der Waals surface area contributed by atoms with E-state index in [0.29, 0.717) is 36.5 Å². The van der Waals surface area contributed by atoms with Crippen LogP contribution < -0.4 is 10.2 Å². The summed E-state index contributed by atoms with van der Waals surface area (Å²) in [5.74, 6) is 2.38. The van der Waals surface area contributed by atoms with Crippen molar-refractivity contribution in [1.82, 2.24) is 19.9 Å². The molecule has 2 aliphatic rings. The van der Waals surface area contributed by atoms with Crippen LogP contribution in [-0.4, -0.2) is 72.4 Å². The van der Waals surface area contributed by atoms with Crippen LogP contribution in [0.3, 0.4) is 0 Å². The van der Waals surface area contributed by atoms with Gasteiger partial charge in [0.05, 0.1) is 5.75 Å². The maximum atomic E-state index is 11.9. The van der Waals surface area contributed by atoms with E-state index in [1.807, 2.05) is 12.3 Å². The average Bonchev–Trinajstić information content (AvgIpc) is 3.18. The van der Waals surface area contributed by atoms with E-state index in [1.165, 1.54) is 11.8 Å². The number of carbonyl (C=O) groups is 1. The Morgan fingerprint density at radius 3 is 2.57 bits per heavy atom. The fourth-order valence-corrected chi connectivity index (χ4v) is 6.30. The molecule has 37 heavy (non-hydrogen) atoms. The number of hydrogen-bond donors (Lipinski definition) is 1. The van der Waals surface area contributed by atoms with Crippen LogP contribution >= 0.6 is 0 Å². The van der Waals surface area contributed by atoms with E-state index < -0.39 is 9.84 Å². The Morgan fingerprint density at radius 1 is 1.14 bits per heavy atom. The molecule has 194 valence electrons. The molecule has 5 rings (SSSR count). The number of likely N-dealkylation sites (N-methyl/N-ethyl adjacent to an activating group) is 1. The summed E-state index contributed by atoms with van der Waals surface area (Å²) < 4.78 is 23.6. The summed E-state index contributed by atoms with van der Waals surface area (Å²) in [6, 6.07) is 8.24. The minimum absolute atomic E-state index is 0.0515. The van der Waals surface area contributed by atoms with Crippen LogP contribution in [0.2, 0.25) is 0 Å². The highest BCUT2D eigenvalue weighted by Gasteiger charge is 2.38. The fourth-order valence-electron chi connectivity index (χ4n) is 5.14. The molecule has 1 N–H and O–H groups in total. The molecule has 0 radical (unpaired) electrons. The molecule has 10 heteroatoms. The summed E-state index contributed by atoms with van der Waals surface area (Å²) >= 11 is 0. The van der Waals surface area contributed by atoms with Crippen LogP contribution in [0.1, 0.15) is 38.1 Å². The lowest BCUT2D eigenvalue weighted by Gasteiger charge is -2.48. The number of fused-ring (bicyclic) bond motifs is 1. The number of pyridine rings is 1. The van der Waals surface area contributed by atoms with Gasteiger partial charge in [-0.25, -0.2) is 23.4 Å². The quantitative estimate of drug-likeness (QED) is 0.503. The molecule has 2 aromatic heterocycles. The lowest BCUT2D eigenvalue weighted by molar-refractivity contribution is -0.123. The number of amides is 1. The molecule has 1 fully saturated rings. The third-order valence-electron chi connectivity index (χ3n) is 7.25. The first-order chi connectivity index (χ1) is 17.5. The van der Waals surface area contributed by atoms with Crippen molar-refractivity contribution in [2.45, 2.75) is 32.7 Å². The normalized spacial score (nSPS) is 19.9. The van der Waals surface area contributed by atoms with Crippen LogP contribution in [0.25, 0.3) is 16.3 Å². The van der Waals surface area contributed by atoms with Gasteiger partial charge in [-0.05, 0) is 42.0 Å². The molecule has 9 nitrogen and oxygen atoms in total. The van der Waals surface area contributed by atoms with E-state index in [0.717, 1.165) is 22.0 Å². The number of rotatable bonds is 7. The van der Waals surface area contributed by atoms with Gasteiger partial charge in [0.15, 0.2) is 5.82 Å². The molecular weight excluding hydrogens is 488 g/mol. The van der Waals surface area contributed by atoms with Gasteiger partial charge >= 0.3 is 0 Å². The van der Waals surface area contributed by atoms with Crippen molar-refractivity contribution in [2.24, 2.45) is 5.92 Å². The zero-order chi connectivity index (χ0) is 26.5. The van der Waals surface area contributed by atoms with Gasteiger partial charge in [-0.2, -0.15) is 0 Å². The third-order valence-corrected chi connectivity index (χ3v) is 8.28. The van der Waals surface area contributed by atoms with Gasteiger partial charge < -0.3 is 15.1 Å². The second-order valence-electron chi connectivity index (χ2n) is 10.4. The smallest absolute Gasteiger partial charge is 0.247 e. The summed E-state index contributed by atoms with van der Waals surface area (Å²) in [7, 11) is -1.26. The molecule has 1 saturated heterocycles. The van der Waals surface area contributed by atoms with E-state index in [-0.39, 0.29) is 23.6 Å². The maximum Gasteiger partial charge on any atom is 0.247 e. The maximum absolute atomic E-state index is 11.9. The Balaban J connectivity index is 1.45. The topological polar surface area (TPSA) is 108 Å². The molecule has 0 unspecified atom stereocenters. The SMILES string of the molecule is CC(C)c1ccc(N2C[C@H](CS(C)(=O)=O)[C@H]2C)c2cnc(Nc3ccnc(C4=CC(=O)N(C)C4)n3)cc12. The van der Waals surface area contributed by atoms with E-state index in [2.05, 4.69) is 58.1 Å². The average molecular weight is 521 g/mol. The van der Waals surface area contributed by atoms with E-state index in [4.69, 9.17) is 0 Å². The van der Waals surface area contributed by atoms with Crippen LogP contribution in [0, 0.1) is 5.92 Å². The second-order valence-corrected chi connectivity index (χ2v) is 12.6. The Morgan fingerprint density at radius 2 is 1.92 bits per heavy atom.